The molecule has 1 aromatic carbocycles. The average molecular weight is 318 g/mol. The highest BCUT2D eigenvalue weighted by atomic mass is 79.9. The van der Waals surface area contributed by atoms with Crippen LogP contribution in [0, 0.1) is 11.8 Å². The monoisotopic (exact) mass is 316 g/mol. The van der Waals surface area contributed by atoms with Crippen LogP contribution in [0.25, 0.3) is 0 Å². The standard InChI is InChI=1S/C12H13BrN2O.ClH/c13-10-4-2-1-3-7(10)12(16)15-11-8-5-14-6-9(8)11;/h1-4,8-9,11,14H,5-6H2,(H,15,16);1H. The van der Waals surface area contributed by atoms with Crippen molar-refractivity contribution in [3.63, 3.8) is 0 Å². The minimum absolute atomic E-state index is 0. The van der Waals surface area contributed by atoms with Crippen LogP contribution < -0.4 is 10.6 Å². The Balaban J connectivity index is 0.00000108. The highest BCUT2D eigenvalue weighted by molar-refractivity contribution is 9.10. The molecule has 3 nitrogen and oxygen atoms in total. The number of carbonyl (C=O) groups excluding carboxylic acids is 1. The molecular formula is C12H14BrClN2O. The van der Waals surface area contributed by atoms with Crippen molar-refractivity contribution >= 4 is 34.2 Å². The van der Waals surface area contributed by atoms with Crippen LogP contribution in [0.2, 0.25) is 0 Å². The zero-order chi connectivity index (χ0) is 11.1. The number of rotatable bonds is 2. The summed E-state index contributed by atoms with van der Waals surface area (Å²) in [5.74, 6) is 1.35. The number of nitrogens with one attached hydrogen (secondary N) is 2. The van der Waals surface area contributed by atoms with Crippen molar-refractivity contribution < 1.29 is 4.79 Å². The first-order valence-corrected chi connectivity index (χ1v) is 6.33. The van der Waals surface area contributed by atoms with E-state index in [0.29, 0.717) is 17.9 Å². The Morgan fingerprint density at radius 1 is 1.29 bits per heavy atom. The number of fused-ring (bicyclic) bond motifs is 1. The predicted octanol–water partition coefficient (Wildman–Crippen LogP) is 1.82. The molecule has 1 aliphatic heterocycles. The van der Waals surface area contributed by atoms with E-state index in [9.17, 15) is 4.79 Å². The number of piperidine rings is 1. The number of benzene rings is 1. The van der Waals surface area contributed by atoms with Gasteiger partial charge in [0, 0.05) is 23.6 Å². The molecule has 1 aromatic rings. The van der Waals surface area contributed by atoms with E-state index in [0.717, 1.165) is 23.1 Å². The second-order valence-electron chi connectivity index (χ2n) is 4.47. The Kier molecular flexibility index (Phi) is 3.76. The fraction of sp³-hybridized carbons (Fsp3) is 0.417. The molecule has 0 aromatic heterocycles. The second-order valence-corrected chi connectivity index (χ2v) is 5.32. The van der Waals surface area contributed by atoms with E-state index in [1.807, 2.05) is 24.3 Å². The Hall–Kier alpha value is -0.580. The van der Waals surface area contributed by atoms with Gasteiger partial charge >= 0.3 is 0 Å². The van der Waals surface area contributed by atoms with Gasteiger partial charge in [0.1, 0.15) is 0 Å². The molecule has 2 aliphatic rings. The average Bonchev–Trinajstić information content (AvgIpc) is 2.75. The SMILES string of the molecule is Cl.O=C(NC1C2CNCC21)c1ccccc1Br. The van der Waals surface area contributed by atoms with E-state index in [1.165, 1.54) is 0 Å². The Morgan fingerprint density at radius 2 is 1.94 bits per heavy atom. The van der Waals surface area contributed by atoms with Crippen LogP contribution in [0.5, 0.6) is 0 Å². The van der Waals surface area contributed by atoms with Gasteiger partial charge in [0.05, 0.1) is 5.56 Å². The normalized spacial score (nSPS) is 29.1. The first-order valence-electron chi connectivity index (χ1n) is 5.53. The minimum Gasteiger partial charge on any atom is -0.349 e. The molecule has 1 saturated carbocycles. The quantitative estimate of drug-likeness (QED) is 0.873. The molecule has 2 unspecified atom stereocenters. The van der Waals surface area contributed by atoms with E-state index in [2.05, 4.69) is 26.6 Å². The second kappa shape index (κ2) is 4.96. The smallest absolute Gasteiger partial charge is 0.252 e. The number of halogens is 2. The van der Waals surface area contributed by atoms with Gasteiger partial charge in [-0.25, -0.2) is 0 Å². The van der Waals surface area contributed by atoms with Crippen molar-refractivity contribution in [2.24, 2.45) is 11.8 Å². The van der Waals surface area contributed by atoms with Crippen LogP contribution in [0.15, 0.2) is 28.7 Å². The summed E-state index contributed by atoms with van der Waals surface area (Å²) in [5.41, 5.74) is 0.723. The van der Waals surface area contributed by atoms with Crippen molar-refractivity contribution in [3.05, 3.63) is 34.3 Å². The van der Waals surface area contributed by atoms with Gasteiger partial charge < -0.3 is 10.6 Å². The lowest BCUT2D eigenvalue weighted by molar-refractivity contribution is 0.0946. The molecule has 2 N–H and O–H groups in total. The zero-order valence-corrected chi connectivity index (χ0v) is 11.6. The largest absolute Gasteiger partial charge is 0.349 e. The number of carbonyl (C=O) groups is 1. The molecule has 17 heavy (non-hydrogen) atoms. The summed E-state index contributed by atoms with van der Waals surface area (Å²) in [6, 6.07) is 7.92. The summed E-state index contributed by atoms with van der Waals surface area (Å²) < 4.78 is 0.858. The molecule has 1 heterocycles. The van der Waals surface area contributed by atoms with Crippen LogP contribution in [0.4, 0.5) is 0 Å². The van der Waals surface area contributed by atoms with Gasteiger partial charge in [0.2, 0.25) is 0 Å². The van der Waals surface area contributed by atoms with Crippen LogP contribution in [0.3, 0.4) is 0 Å². The van der Waals surface area contributed by atoms with Gasteiger partial charge in [-0.2, -0.15) is 0 Å². The Bertz CT molecular complexity index is 430. The van der Waals surface area contributed by atoms with Crippen molar-refractivity contribution in [3.8, 4) is 0 Å². The van der Waals surface area contributed by atoms with Crippen LogP contribution >= 0.6 is 28.3 Å². The summed E-state index contributed by atoms with van der Waals surface area (Å²) in [6.07, 6.45) is 0. The summed E-state index contributed by atoms with van der Waals surface area (Å²) in [6.45, 7) is 2.09. The fourth-order valence-electron chi connectivity index (χ4n) is 2.51. The molecular weight excluding hydrogens is 304 g/mol. The van der Waals surface area contributed by atoms with Gasteiger partial charge in [-0.05, 0) is 39.9 Å². The molecule has 1 amide bonds. The van der Waals surface area contributed by atoms with Crippen molar-refractivity contribution in [2.45, 2.75) is 6.04 Å². The molecule has 3 rings (SSSR count). The molecule has 1 aliphatic carbocycles. The molecule has 0 bridgehead atoms. The first kappa shape index (κ1) is 12.9. The van der Waals surface area contributed by atoms with E-state index in [-0.39, 0.29) is 18.3 Å². The molecule has 2 atom stereocenters. The molecule has 5 heteroatoms. The highest BCUT2D eigenvalue weighted by Crippen LogP contribution is 2.41. The fourth-order valence-corrected chi connectivity index (χ4v) is 2.97. The number of hydrogen-bond donors (Lipinski definition) is 2. The van der Waals surface area contributed by atoms with Crippen molar-refractivity contribution in [1.29, 1.82) is 0 Å². The van der Waals surface area contributed by atoms with Gasteiger partial charge in [-0.3, -0.25) is 4.79 Å². The van der Waals surface area contributed by atoms with Crippen LogP contribution in [0.1, 0.15) is 10.4 Å². The summed E-state index contributed by atoms with van der Waals surface area (Å²) >= 11 is 3.40. The van der Waals surface area contributed by atoms with Crippen LogP contribution in [-0.2, 0) is 0 Å². The minimum atomic E-state index is 0. The van der Waals surface area contributed by atoms with E-state index >= 15 is 0 Å². The highest BCUT2D eigenvalue weighted by Gasteiger charge is 2.53. The predicted molar refractivity (Wildman–Crippen MR) is 72.5 cm³/mol. The van der Waals surface area contributed by atoms with Gasteiger partial charge in [0.25, 0.3) is 5.91 Å². The van der Waals surface area contributed by atoms with Gasteiger partial charge in [-0.1, -0.05) is 12.1 Å². The number of hydrogen-bond acceptors (Lipinski definition) is 2. The van der Waals surface area contributed by atoms with Crippen LogP contribution in [-0.4, -0.2) is 25.0 Å². The maximum atomic E-state index is 12.0. The van der Waals surface area contributed by atoms with E-state index in [1.54, 1.807) is 0 Å². The third kappa shape index (κ3) is 2.34. The molecule has 1 saturated heterocycles. The third-order valence-electron chi connectivity index (χ3n) is 3.51. The number of amides is 1. The van der Waals surface area contributed by atoms with Crippen molar-refractivity contribution in [1.82, 2.24) is 10.6 Å². The Morgan fingerprint density at radius 3 is 2.59 bits per heavy atom. The molecule has 2 fully saturated rings. The maximum Gasteiger partial charge on any atom is 0.252 e. The van der Waals surface area contributed by atoms with Gasteiger partial charge in [0.15, 0.2) is 0 Å². The van der Waals surface area contributed by atoms with E-state index in [4.69, 9.17) is 0 Å². The maximum absolute atomic E-state index is 12.0. The lowest BCUT2D eigenvalue weighted by Gasteiger charge is -2.08. The third-order valence-corrected chi connectivity index (χ3v) is 4.20. The topological polar surface area (TPSA) is 41.1 Å². The van der Waals surface area contributed by atoms with Gasteiger partial charge in [-0.15, -0.1) is 12.4 Å². The lowest BCUT2D eigenvalue weighted by atomic mass is 10.2. The zero-order valence-electron chi connectivity index (χ0n) is 9.15. The van der Waals surface area contributed by atoms with E-state index < -0.39 is 0 Å². The molecule has 0 radical (unpaired) electrons. The lowest BCUT2D eigenvalue weighted by Crippen LogP contribution is -2.32. The summed E-state index contributed by atoms with van der Waals surface area (Å²) in [5, 5.41) is 6.42. The Labute approximate surface area is 115 Å². The summed E-state index contributed by atoms with van der Waals surface area (Å²) in [4.78, 5) is 12.0. The molecule has 0 spiro atoms. The molecule has 92 valence electrons. The van der Waals surface area contributed by atoms with Crippen molar-refractivity contribution in [2.75, 3.05) is 13.1 Å². The summed E-state index contributed by atoms with van der Waals surface area (Å²) in [7, 11) is 0. The first-order chi connectivity index (χ1) is 7.77.